The average Bonchev–Trinajstić information content (AvgIpc) is 2.41. The van der Waals surface area contributed by atoms with Gasteiger partial charge >= 0.3 is 118 Å². The van der Waals surface area contributed by atoms with Crippen LogP contribution < -0.4 is 21.2 Å². The molecule has 0 nitrogen and oxygen atoms in total. The zero-order valence-electron chi connectivity index (χ0n) is 10.2. The third-order valence-electron chi connectivity index (χ3n) is 2.97. The maximum atomic E-state index is 2.37. The van der Waals surface area contributed by atoms with Crippen molar-refractivity contribution in [2.75, 3.05) is 0 Å². The molecular weight excluding hydrogens is 331 g/mol. The zero-order chi connectivity index (χ0) is 12.4. The SMILES string of the molecule is Cc1cc2ccccc2cc1[I-]c1ccccc1. The molecule has 3 aromatic carbocycles. The Morgan fingerprint density at radius 1 is 0.722 bits per heavy atom. The maximum absolute atomic E-state index is 2.37. The standard InChI is InChI=1S/C17H14I/c1-13-11-14-7-5-6-8-15(14)12-17(13)18-16-9-3-2-4-10-16/h2-12H,1H3/q-1. The zero-order valence-corrected chi connectivity index (χ0v) is 12.4. The van der Waals surface area contributed by atoms with E-state index in [1.807, 2.05) is 0 Å². The van der Waals surface area contributed by atoms with Gasteiger partial charge in [0, 0.05) is 0 Å². The van der Waals surface area contributed by atoms with Crippen LogP contribution in [0.1, 0.15) is 5.56 Å². The number of hydrogen-bond donors (Lipinski definition) is 0. The summed E-state index contributed by atoms with van der Waals surface area (Å²) in [4.78, 5) is 0. The van der Waals surface area contributed by atoms with E-state index < -0.39 is 0 Å². The molecule has 0 aliphatic carbocycles. The molecule has 0 fully saturated rings. The molecule has 0 radical (unpaired) electrons. The molecule has 0 spiro atoms. The molecular formula is C17H14I-. The van der Waals surface area contributed by atoms with Crippen molar-refractivity contribution < 1.29 is 21.2 Å². The molecule has 0 bridgehead atoms. The minimum absolute atomic E-state index is 0.0679. The molecule has 0 aromatic heterocycles. The van der Waals surface area contributed by atoms with Gasteiger partial charge in [-0.1, -0.05) is 0 Å². The van der Waals surface area contributed by atoms with E-state index in [4.69, 9.17) is 0 Å². The molecule has 18 heavy (non-hydrogen) atoms. The summed E-state index contributed by atoms with van der Waals surface area (Å²) in [5.74, 6) is 0. The van der Waals surface area contributed by atoms with Crippen LogP contribution in [-0.2, 0) is 0 Å². The fourth-order valence-corrected chi connectivity index (χ4v) is 4.54. The van der Waals surface area contributed by atoms with Crippen molar-refractivity contribution in [2.24, 2.45) is 0 Å². The second-order valence-corrected chi connectivity index (χ2v) is 7.29. The van der Waals surface area contributed by atoms with E-state index in [1.54, 1.807) is 0 Å². The molecule has 0 atom stereocenters. The van der Waals surface area contributed by atoms with Crippen molar-refractivity contribution in [3.8, 4) is 0 Å². The quantitative estimate of drug-likeness (QED) is 0.614. The first-order chi connectivity index (χ1) is 8.83. The first-order valence-corrected chi connectivity index (χ1v) is 8.18. The molecule has 1 heteroatoms. The van der Waals surface area contributed by atoms with Gasteiger partial charge < -0.3 is 0 Å². The van der Waals surface area contributed by atoms with Crippen LogP contribution >= 0.6 is 0 Å². The number of benzene rings is 3. The summed E-state index contributed by atoms with van der Waals surface area (Å²) in [7, 11) is 0. The number of fused-ring (bicyclic) bond motifs is 1. The molecule has 0 N–H and O–H groups in total. The number of aryl methyl sites for hydroxylation is 1. The van der Waals surface area contributed by atoms with Gasteiger partial charge in [-0.25, -0.2) is 0 Å². The van der Waals surface area contributed by atoms with Gasteiger partial charge in [-0.15, -0.1) is 0 Å². The minimum atomic E-state index is -0.0679. The summed E-state index contributed by atoms with van der Waals surface area (Å²) >= 11 is -0.0679. The van der Waals surface area contributed by atoms with Crippen LogP contribution in [0, 0.1) is 14.1 Å². The molecule has 90 valence electrons. The molecule has 0 aliphatic heterocycles. The molecule has 0 saturated carbocycles. The summed E-state index contributed by atoms with van der Waals surface area (Å²) in [6.07, 6.45) is 0. The van der Waals surface area contributed by atoms with Crippen molar-refractivity contribution in [3.05, 3.63) is 79.4 Å². The van der Waals surface area contributed by atoms with Gasteiger partial charge in [-0.2, -0.15) is 0 Å². The molecule has 3 aromatic rings. The van der Waals surface area contributed by atoms with Gasteiger partial charge in [0.15, 0.2) is 0 Å². The number of halogens is 1. The van der Waals surface area contributed by atoms with Crippen molar-refractivity contribution in [2.45, 2.75) is 6.92 Å². The Hall–Kier alpha value is -1.35. The van der Waals surface area contributed by atoms with Gasteiger partial charge in [0.25, 0.3) is 0 Å². The Kier molecular flexibility index (Phi) is 3.33. The summed E-state index contributed by atoms with van der Waals surface area (Å²) in [5.41, 5.74) is 1.42. The van der Waals surface area contributed by atoms with E-state index >= 15 is 0 Å². The number of rotatable bonds is 2. The van der Waals surface area contributed by atoms with Gasteiger partial charge in [0.2, 0.25) is 0 Å². The van der Waals surface area contributed by atoms with Gasteiger partial charge in [-0.05, 0) is 0 Å². The summed E-state index contributed by atoms with van der Waals surface area (Å²) in [5, 5.41) is 2.70. The van der Waals surface area contributed by atoms with Crippen LogP contribution in [0.4, 0.5) is 0 Å². The topological polar surface area (TPSA) is 0 Å². The predicted octanol–water partition coefficient (Wildman–Crippen LogP) is 1.28. The monoisotopic (exact) mass is 345 g/mol. The van der Waals surface area contributed by atoms with Crippen molar-refractivity contribution in [1.82, 2.24) is 0 Å². The molecule has 0 saturated heterocycles. The van der Waals surface area contributed by atoms with Crippen LogP contribution in [-0.4, -0.2) is 0 Å². The Bertz CT molecular complexity index is 672. The molecule has 0 aliphatic rings. The first kappa shape index (κ1) is 11.7. The van der Waals surface area contributed by atoms with E-state index in [-0.39, 0.29) is 21.2 Å². The molecule has 0 unspecified atom stereocenters. The van der Waals surface area contributed by atoms with E-state index in [0.717, 1.165) is 0 Å². The first-order valence-electron chi connectivity index (χ1n) is 6.02. The summed E-state index contributed by atoms with van der Waals surface area (Å²) in [6.45, 7) is 2.23. The Labute approximate surface area is 118 Å². The second-order valence-electron chi connectivity index (χ2n) is 4.34. The number of hydrogen-bond acceptors (Lipinski definition) is 0. The normalized spacial score (nSPS) is 10.9. The molecule has 0 heterocycles. The summed E-state index contributed by atoms with van der Waals surface area (Å²) in [6, 6.07) is 24.1. The predicted molar refractivity (Wildman–Crippen MR) is 72.5 cm³/mol. The average molecular weight is 345 g/mol. The Morgan fingerprint density at radius 2 is 1.33 bits per heavy atom. The van der Waals surface area contributed by atoms with E-state index in [9.17, 15) is 0 Å². The Balaban J connectivity index is 2.04. The third kappa shape index (κ3) is 2.41. The van der Waals surface area contributed by atoms with Crippen LogP contribution in [0.5, 0.6) is 0 Å². The molecule has 0 amide bonds. The van der Waals surface area contributed by atoms with E-state index in [2.05, 4.69) is 73.7 Å². The van der Waals surface area contributed by atoms with Crippen LogP contribution in [0.3, 0.4) is 0 Å². The van der Waals surface area contributed by atoms with Crippen molar-refractivity contribution in [1.29, 1.82) is 0 Å². The second kappa shape index (κ2) is 5.11. The fourth-order valence-electron chi connectivity index (χ4n) is 2.02. The van der Waals surface area contributed by atoms with Crippen molar-refractivity contribution >= 4 is 10.8 Å². The Morgan fingerprint density at radius 3 is 2.06 bits per heavy atom. The summed E-state index contributed by atoms with van der Waals surface area (Å²) < 4.78 is 3.01. The van der Waals surface area contributed by atoms with Crippen LogP contribution in [0.15, 0.2) is 66.7 Å². The van der Waals surface area contributed by atoms with Gasteiger partial charge in [-0.3, -0.25) is 0 Å². The van der Waals surface area contributed by atoms with Crippen LogP contribution in [0.2, 0.25) is 0 Å². The van der Waals surface area contributed by atoms with Crippen LogP contribution in [0.25, 0.3) is 10.8 Å². The third-order valence-corrected chi connectivity index (χ3v) is 6.06. The van der Waals surface area contributed by atoms with E-state index in [0.29, 0.717) is 0 Å². The van der Waals surface area contributed by atoms with E-state index in [1.165, 1.54) is 23.5 Å². The van der Waals surface area contributed by atoms with Crippen molar-refractivity contribution in [3.63, 3.8) is 0 Å². The molecule has 3 rings (SSSR count). The van der Waals surface area contributed by atoms with Gasteiger partial charge in [0.1, 0.15) is 0 Å². The van der Waals surface area contributed by atoms with Gasteiger partial charge in [0.05, 0.1) is 0 Å². The fraction of sp³-hybridized carbons (Fsp3) is 0.0588.